The van der Waals surface area contributed by atoms with E-state index in [1.54, 1.807) is 6.92 Å². The Labute approximate surface area is 114 Å². The van der Waals surface area contributed by atoms with Crippen LogP contribution in [0.15, 0.2) is 4.52 Å². The van der Waals surface area contributed by atoms with Crippen molar-refractivity contribution in [3.05, 3.63) is 11.7 Å². The average molecular weight is 267 g/mol. The van der Waals surface area contributed by atoms with Gasteiger partial charge in [0.2, 0.25) is 5.89 Å². The summed E-state index contributed by atoms with van der Waals surface area (Å²) in [5.41, 5.74) is 5.80. The molecule has 1 aromatic heterocycles. The molecule has 5 heteroatoms. The largest absolute Gasteiger partial charge is 0.391 e. The number of aromatic nitrogens is 2. The van der Waals surface area contributed by atoms with Crippen LogP contribution in [-0.2, 0) is 0 Å². The highest BCUT2D eigenvalue weighted by molar-refractivity contribution is 5.00. The van der Waals surface area contributed by atoms with E-state index in [0.29, 0.717) is 11.8 Å². The SMILES string of the molecule is CC(C)C1CCC(c2noc(C(N)C(C)O)n2)CC1. The van der Waals surface area contributed by atoms with Gasteiger partial charge in [-0.15, -0.1) is 0 Å². The lowest BCUT2D eigenvalue weighted by atomic mass is 9.77. The number of aliphatic hydroxyl groups excluding tert-OH is 1. The number of nitrogens with two attached hydrogens (primary N) is 1. The molecule has 0 radical (unpaired) electrons. The molecule has 2 atom stereocenters. The lowest BCUT2D eigenvalue weighted by molar-refractivity contribution is 0.146. The monoisotopic (exact) mass is 267 g/mol. The van der Waals surface area contributed by atoms with Crippen LogP contribution in [-0.4, -0.2) is 21.4 Å². The van der Waals surface area contributed by atoms with Gasteiger partial charge in [0.05, 0.1) is 6.10 Å². The van der Waals surface area contributed by atoms with Crippen molar-refractivity contribution >= 4 is 0 Å². The van der Waals surface area contributed by atoms with Gasteiger partial charge in [0.1, 0.15) is 6.04 Å². The Kier molecular flexibility index (Phi) is 4.58. The Morgan fingerprint density at radius 3 is 2.37 bits per heavy atom. The predicted octanol–water partition coefficient (Wildman–Crippen LogP) is 2.38. The second kappa shape index (κ2) is 6.01. The van der Waals surface area contributed by atoms with E-state index in [1.165, 1.54) is 12.8 Å². The zero-order valence-corrected chi connectivity index (χ0v) is 12.0. The summed E-state index contributed by atoms with van der Waals surface area (Å²) in [4.78, 5) is 4.36. The summed E-state index contributed by atoms with van der Waals surface area (Å²) in [7, 11) is 0. The maximum Gasteiger partial charge on any atom is 0.246 e. The summed E-state index contributed by atoms with van der Waals surface area (Å²) in [5, 5.41) is 13.5. The number of aliphatic hydroxyl groups is 1. The first-order valence-electron chi connectivity index (χ1n) is 7.26. The molecule has 1 heterocycles. The summed E-state index contributed by atoms with van der Waals surface area (Å²) in [6.07, 6.45) is 4.02. The fourth-order valence-electron chi connectivity index (χ4n) is 2.80. The minimum atomic E-state index is -0.676. The molecule has 2 unspecified atom stereocenters. The lowest BCUT2D eigenvalue weighted by Crippen LogP contribution is -2.23. The van der Waals surface area contributed by atoms with E-state index >= 15 is 0 Å². The van der Waals surface area contributed by atoms with Gasteiger partial charge in [0, 0.05) is 5.92 Å². The topological polar surface area (TPSA) is 85.2 Å². The van der Waals surface area contributed by atoms with Crippen molar-refractivity contribution in [3.63, 3.8) is 0 Å². The van der Waals surface area contributed by atoms with Gasteiger partial charge in [-0.3, -0.25) is 0 Å². The molecule has 0 bridgehead atoms. The first kappa shape index (κ1) is 14.5. The Morgan fingerprint density at radius 1 is 1.21 bits per heavy atom. The van der Waals surface area contributed by atoms with Crippen LogP contribution in [0.25, 0.3) is 0 Å². The molecule has 0 saturated heterocycles. The van der Waals surface area contributed by atoms with Crippen molar-refractivity contribution < 1.29 is 9.63 Å². The van der Waals surface area contributed by atoms with Crippen LogP contribution in [0.5, 0.6) is 0 Å². The van der Waals surface area contributed by atoms with E-state index in [1.807, 2.05) is 0 Å². The first-order valence-corrected chi connectivity index (χ1v) is 7.26. The standard InChI is InChI=1S/C14H25N3O2/c1-8(2)10-4-6-11(7-5-10)13-16-14(19-17-13)12(15)9(3)18/h8-12,18H,4-7,15H2,1-3H3. The normalized spacial score (nSPS) is 27.5. The Balaban J connectivity index is 1.97. The van der Waals surface area contributed by atoms with Crippen molar-refractivity contribution in [3.8, 4) is 0 Å². The van der Waals surface area contributed by atoms with Crippen LogP contribution >= 0.6 is 0 Å². The Morgan fingerprint density at radius 2 is 1.84 bits per heavy atom. The summed E-state index contributed by atoms with van der Waals surface area (Å²) in [6, 6.07) is -0.590. The van der Waals surface area contributed by atoms with E-state index in [-0.39, 0.29) is 0 Å². The van der Waals surface area contributed by atoms with Crippen molar-refractivity contribution in [2.75, 3.05) is 0 Å². The molecular weight excluding hydrogens is 242 g/mol. The minimum absolute atomic E-state index is 0.344. The molecule has 1 aliphatic rings. The molecule has 5 nitrogen and oxygen atoms in total. The quantitative estimate of drug-likeness (QED) is 0.874. The maximum absolute atomic E-state index is 9.44. The molecule has 3 N–H and O–H groups in total. The molecule has 2 rings (SSSR count). The average Bonchev–Trinajstić information content (AvgIpc) is 2.87. The molecule has 1 saturated carbocycles. The van der Waals surface area contributed by atoms with E-state index in [9.17, 15) is 5.11 Å². The molecular formula is C14H25N3O2. The molecule has 0 spiro atoms. The summed E-state index contributed by atoms with van der Waals surface area (Å²) in [5.74, 6) is 3.06. The van der Waals surface area contributed by atoms with E-state index in [4.69, 9.17) is 10.3 Å². The van der Waals surface area contributed by atoms with Crippen molar-refractivity contribution in [2.45, 2.75) is 64.5 Å². The maximum atomic E-state index is 9.44. The van der Waals surface area contributed by atoms with Gasteiger partial charge in [-0.1, -0.05) is 19.0 Å². The highest BCUT2D eigenvalue weighted by Crippen LogP contribution is 2.37. The minimum Gasteiger partial charge on any atom is -0.391 e. The van der Waals surface area contributed by atoms with Gasteiger partial charge in [-0.2, -0.15) is 4.98 Å². The van der Waals surface area contributed by atoms with Gasteiger partial charge in [0.25, 0.3) is 0 Å². The molecule has 108 valence electrons. The van der Waals surface area contributed by atoms with E-state index in [2.05, 4.69) is 24.0 Å². The van der Waals surface area contributed by atoms with E-state index < -0.39 is 12.1 Å². The fourth-order valence-corrected chi connectivity index (χ4v) is 2.80. The second-order valence-electron chi connectivity index (χ2n) is 6.11. The summed E-state index contributed by atoms with van der Waals surface area (Å²) >= 11 is 0. The highest BCUT2D eigenvalue weighted by atomic mass is 16.5. The van der Waals surface area contributed by atoms with Gasteiger partial charge in [0.15, 0.2) is 5.82 Å². The van der Waals surface area contributed by atoms with Crippen LogP contribution in [0.3, 0.4) is 0 Å². The zero-order chi connectivity index (χ0) is 14.0. The molecule has 0 amide bonds. The zero-order valence-electron chi connectivity index (χ0n) is 12.0. The number of nitrogens with zero attached hydrogens (tertiary/aromatic N) is 2. The van der Waals surface area contributed by atoms with Crippen LogP contribution in [0.1, 0.15) is 70.1 Å². The summed E-state index contributed by atoms with van der Waals surface area (Å²) in [6.45, 7) is 6.21. The molecule has 1 aromatic rings. The number of hydrogen-bond acceptors (Lipinski definition) is 5. The molecule has 1 aliphatic carbocycles. The van der Waals surface area contributed by atoms with Crippen LogP contribution < -0.4 is 5.73 Å². The predicted molar refractivity (Wildman–Crippen MR) is 72.4 cm³/mol. The van der Waals surface area contributed by atoms with Crippen molar-refractivity contribution in [2.24, 2.45) is 17.6 Å². The number of hydrogen-bond donors (Lipinski definition) is 2. The van der Waals surface area contributed by atoms with Crippen LogP contribution in [0, 0.1) is 11.8 Å². The highest BCUT2D eigenvalue weighted by Gasteiger charge is 2.28. The fraction of sp³-hybridized carbons (Fsp3) is 0.857. The second-order valence-corrected chi connectivity index (χ2v) is 6.11. The van der Waals surface area contributed by atoms with Crippen molar-refractivity contribution in [1.82, 2.24) is 10.1 Å². The lowest BCUT2D eigenvalue weighted by Gasteiger charge is -2.29. The first-order chi connectivity index (χ1) is 8.99. The van der Waals surface area contributed by atoms with Crippen molar-refractivity contribution in [1.29, 1.82) is 0 Å². The third kappa shape index (κ3) is 3.34. The third-order valence-corrected chi connectivity index (χ3v) is 4.34. The Hall–Kier alpha value is -0.940. The molecule has 0 aliphatic heterocycles. The van der Waals surface area contributed by atoms with Gasteiger partial charge >= 0.3 is 0 Å². The van der Waals surface area contributed by atoms with Crippen LogP contribution in [0.4, 0.5) is 0 Å². The molecule has 1 fully saturated rings. The van der Waals surface area contributed by atoms with Gasteiger partial charge in [-0.25, -0.2) is 0 Å². The smallest absolute Gasteiger partial charge is 0.246 e. The number of rotatable bonds is 4. The molecule has 19 heavy (non-hydrogen) atoms. The van der Waals surface area contributed by atoms with Gasteiger partial charge in [-0.05, 0) is 44.4 Å². The summed E-state index contributed by atoms with van der Waals surface area (Å²) < 4.78 is 5.17. The van der Waals surface area contributed by atoms with Gasteiger partial charge < -0.3 is 15.4 Å². The third-order valence-electron chi connectivity index (χ3n) is 4.34. The Bertz CT molecular complexity index is 395. The van der Waals surface area contributed by atoms with Crippen LogP contribution in [0.2, 0.25) is 0 Å². The van der Waals surface area contributed by atoms with E-state index in [0.717, 1.165) is 30.5 Å². The molecule has 0 aromatic carbocycles.